The van der Waals surface area contributed by atoms with E-state index in [1.165, 1.54) is 0 Å². The van der Waals surface area contributed by atoms with E-state index in [0.29, 0.717) is 37.3 Å². The van der Waals surface area contributed by atoms with Crippen LogP contribution in [0.1, 0.15) is 34.6 Å². The second-order valence-corrected chi connectivity index (χ2v) is 7.05. The third-order valence-electron chi connectivity index (χ3n) is 5.29. The van der Waals surface area contributed by atoms with Gasteiger partial charge in [-0.05, 0) is 38.8 Å². The van der Waals surface area contributed by atoms with E-state index in [1.54, 1.807) is 9.58 Å². The van der Waals surface area contributed by atoms with Crippen LogP contribution in [0.25, 0.3) is 5.69 Å². The van der Waals surface area contributed by atoms with Crippen LogP contribution in [-0.2, 0) is 4.79 Å². The maximum absolute atomic E-state index is 12.9. The fourth-order valence-electron chi connectivity index (χ4n) is 3.58. The van der Waals surface area contributed by atoms with Crippen molar-refractivity contribution >= 4 is 17.8 Å². The lowest BCUT2D eigenvalue weighted by Gasteiger charge is -2.36. The molecule has 9 heteroatoms. The molecule has 1 spiro atoms. The summed E-state index contributed by atoms with van der Waals surface area (Å²) in [6, 6.07) is 7.33. The number of nitrogens with zero attached hydrogens (tertiary/aromatic N) is 4. The van der Waals surface area contributed by atoms with Crippen LogP contribution >= 0.6 is 0 Å². The predicted molar refractivity (Wildman–Crippen MR) is 95.4 cm³/mol. The lowest BCUT2D eigenvalue weighted by molar-refractivity contribution is -0.125. The summed E-state index contributed by atoms with van der Waals surface area (Å²) >= 11 is 0. The number of hydrogen-bond donors (Lipinski definition) is 2. The number of benzene rings is 1. The Hall–Kier alpha value is -3.23. The van der Waals surface area contributed by atoms with Crippen LogP contribution in [0.5, 0.6) is 0 Å². The Bertz CT molecular complexity index is 925. The van der Waals surface area contributed by atoms with Crippen molar-refractivity contribution in [2.45, 2.75) is 32.2 Å². The molecule has 2 saturated heterocycles. The summed E-state index contributed by atoms with van der Waals surface area (Å²) in [5.41, 5.74) is 2.04. The summed E-state index contributed by atoms with van der Waals surface area (Å²) in [7, 11) is 0. The van der Waals surface area contributed by atoms with E-state index in [9.17, 15) is 14.4 Å². The van der Waals surface area contributed by atoms with Gasteiger partial charge in [-0.3, -0.25) is 14.9 Å². The molecule has 4 amide bonds. The molecule has 1 aromatic carbocycles. The Morgan fingerprint density at radius 2 is 1.78 bits per heavy atom. The molecule has 2 N–H and O–H groups in total. The minimum absolute atomic E-state index is 0.217. The molecule has 2 aliphatic rings. The highest BCUT2D eigenvalue weighted by molar-refractivity contribution is 6.07. The summed E-state index contributed by atoms with van der Waals surface area (Å²) < 4.78 is 1.64. The molecule has 27 heavy (non-hydrogen) atoms. The number of hydrogen-bond acceptors (Lipinski definition) is 5. The number of imide groups is 1. The van der Waals surface area contributed by atoms with Crippen molar-refractivity contribution in [3.63, 3.8) is 0 Å². The van der Waals surface area contributed by atoms with Crippen LogP contribution in [0.3, 0.4) is 0 Å². The maximum atomic E-state index is 12.9. The molecule has 0 bridgehead atoms. The Morgan fingerprint density at radius 1 is 1.11 bits per heavy atom. The summed E-state index contributed by atoms with van der Waals surface area (Å²) in [4.78, 5) is 38.0. The normalized spacial score (nSPS) is 18.5. The van der Waals surface area contributed by atoms with Gasteiger partial charge in [-0.1, -0.05) is 22.9 Å². The molecule has 2 fully saturated rings. The largest absolute Gasteiger partial charge is 0.337 e. The minimum atomic E-state index is -0.900. The SMILES string of the molecule is Cc1ccc(-n2nnc(C(=O)N3CCC4(CC3)NC(=O)NC4=O)c2C)cc1. The van der Waals surface area contributed by atoms with Crippen LogP contribution in [0.2, 0.25) is 0 Å². The number of aryl methyl sites for hydroxylation is 1. The predicted octanol–water partition coefficient (Wildman–Crippen LogP) is 0.698. The van der Waals surface area contributed by atoms with E-state index in [4.69, 9.17) is 0 Å². The molecule has 0 radical (unpaired) electrons. The number of amides is 4. The Kier molecular flexibility index (Phi) is 3.94. The van der Waals surface area contributed by atoms with Gasteiger partial charge in [0.25, 0.3) is 11.8 Å². The Morgan fingerprint density at radius 3 is 2.37 bits per heavy atom. The number of urea groups is 1. The second-order valence-electron chi connectivity index (χ2n) is 7.05. The third kappa shape index (κ3) is 2.84. The standard InChI is InChI=1S/C18H20N6O3/c1-11-3-5-13(6-4-11)24-12(2)14(21-22-24)15(25)23-9-7-18(8-10-23)16(26)19-17(27)20-18/h3-6H,7-10H2,1-2H3,(H2,19,20,26,27). The van der Waals surface area contributed by atoms with Crippen molar-refractivity contribution in [3.8, 4) is 5.69 Å². The Labute approximate surface area is 155 Å². The van der Waals surface area contributed by atoms with Gasteiger partial charge in [-0.25, -0.2) is 9.48 Å². The molecule has 3 heterocycles. The first-order valence-corrected chi connectivity index (χ1v) is 8.82. The lowest BCUT2D eigenvalue weighted by Crippen LogP contribution is -2.55. The van der Waals surface area contributed by atoms with Gasteiger partial charge in [0.2, 0.25) is 0 Å². The van der Waals surface area contributed by atoms with Gasteiger partial charge in [0, 0.05) is 13.1 Å². The van der Waals surface area contributed by atoms with E-state index < -0.39 is 11.6 Å². The molecule has 140 valence electrons. The van der Waals surface area contributed by atoms with Crippen molar-refractivity contribution in [2.75, 3.05) is 13.1 Å². The zero-order chi connectivity index (χ0) is 19.2. The van der Waals surface area contributed by atoms with Crippen molar-refractivity contribution in [3.05, 3.63) is 41.2 Å². The van der Waals surface area contributed by atoms with Gasteiger partial charge in [-0.15, -0.1) is 5.10 Å². The van der Waals surface area contributed by atoms with Gasteiger partial charge < -0.3 is 10.2 Å². The van der Waals surface area contributed by atoms with E-state index in [-0.39, 0.29) is 11.8 Å². The van der Waals surface area contributed by atoms with Crippen LogP contribution in [0.15, 0.2) is 24.3 Å². The molecule has 4 rings (SSSR count). The van der Waals surface area contributed by atoms with Crippen LogP contribution in [0.4, 0.5) is 4.79 Å². The second kappa shape index (κ2) is 6.19. The number of aromatic nitrogens is 3. The van der Waals surface area contributed by atoms with E-state index in [1.807, 2.05) is 38.1 Å². The first-order valence-electron chi connectivity index (χ1n) is 8.82. The van der Waals surface area contributed by atoms with Gasteiger partial charge in [-0.2, -0.15) is 0 Å². The van der Waals surface area contributed by atoms with Gasteiger partial charge in [0.05, 0.1) is 11.4 Å². The van der Waals surface area contributed by atoms with Gasteiger partial charge in [0.15, 0.2) is 5.69 Å². The lowest BCUT2D eigenvalue weighted by atomic mass is 9.87. The highest BCUT2D eigenvalue weighted by Gasteiger charge is 2.48. The number of rotatable bonds is 2. The molecule has 9 nitrogen and oxygen atoms in total. The molecule has 1 aromatic heterocycles. The van der Waals surface area contributed by atoms with Crippen molar-refractivity contribution in [1.82, 2.24) is 30.5 Å². The monoisotopic (exact) mass is 368 g/mol. The number of carbonyl (C=O) groups is 3. The van der Waals surface area contributed by atoms with Gasteiger partial charge >= 0.3 is 6.03 Å². The van der Waals surface area contributed by atoms with Gasteiger partial charge in [0.1, 0.15) is 5.54 Å². The molecule has 2 aromatic rings. The first-order chi connectivity index (χ1) is 12.9. The van der Waals surface area contributed by atoms with Crippen molar-refractivity contribution in [2.24, 2.45) is 0 Å². The Balaban J connectivity index is 1.50. The summed E-state index contributed by atoms with van der Waals surface area (Å²) in [5.74, 6) is -0.536. The average Bonchev–Trinajstić information content (AvgIpc) is 3.15. The fourth-order valence-corrected chi connectivity index (χ4v) is 3.58. The number of carbonyl (C=O) groups excluding carboxylic acids is 3. The summed E-state index contributed by atoms with van der Waals surface area (Å²) in [6.45, 7) is 4.54. The van der Waals surface area contributed by atoms with Crippen LogP contribution in [-0.4, -0.2) is 56.4 Å². The average molecular weight is 368 g/mol. The molecular formula is C18H20N6O3. The van der Waals surface area contributed by atoms with E-state index in [0.717, 1.165) is 11.3 Å². The molecule has 0 aliphatic carbocycles. The highest BCUT2D eigenvalue weighted by atomic mass is 16.2. The zero-order valence-electron chi connectivity index (χ0n) is 15.2. The number of piperidine rings is 1. The van der Waals surface area contributed by atoms with Crippen molar-refractivity contribution in [1.29, 1.82) is 0 Å². The van der Waals surface area contributed by atoms with E-state index in [2.05, 4.69) is 20.9 Å². The third-order valence-corrected chi connectivity index (χ3v) is 5.29. The first kappa shape index (κ1) is 17.2. The van der Waals surface area contributed by atoms with Crippen LogP contribution < -0.4 is 10.6 Å². The number of likely N-dealkylation sites (tertiary alicyclic amines) is 1. The zero-order valence-corrected chi connectivity index (χ0v) is 15.2. The highest BCUT2D eigenvalue weighted by Crippen LogP contribution is 2.26. The fraction of sp³-hybridized carbons (Fsp3) is 0.389. The minimum Gasteiger partial charge on any atom is -0.337 e. The summed E-state index contributed by atoms with van der Waals surface area (Å²) in [6.07, 6.45) is 0.753. The maximum Gasteiger partial charge on any atom is 0.322 e. The van der Waals surface area contributed by atoms with E-state index >= 15 is 0 Å². The summed E-state index contributed by atoms with van der Waals surface area (Å²) in [5, 5.41) is 13.2. The van der Waals surface area contributed by atoms with Crippen LogP contribution in [0, 0.1) is 13.8 Å². The molecule has 0 atom stereocenters. The molecule has 0 saturated carbocycles. The van der Waals surface area contributed by atoms with Crippen molar-refractivity contribution < 1.29 is 14.4 Å². The topological polar surface area (TPSA) is 109 Å². The number of nitrogens with one attached hydrogen (secondary N) is 2. The molecular weight excluding hydrogens is 348 g/mol. The quantitative estimate of drug-likeness (QED) is 0.759. The molecule has 2 aliphatic heterocycles. The molecule has 0 unspecified atom stereocenters. The smallest absolute Gasteiger partial charge is 0.322 e.